The molecule has 0 fully saturated rings. The predicted molar refractivity (Wildman–Crippen MR) is 118 cm³/mol. The van der Waals surface area contributed by atoms with Crippen molar-refractivity contribution in [1.82, 2.24) is 10.6 Å². The molecule has 2 aromatic carbocycles. The molecule has 2 rings (SSSR count). The number of benzene rings is 2. The van der Waals surface area contributed by atoms with Crippen LogP contribution in [0.5, 0.6) is 11.5 Å². The number of nitrogens with one attached hydrogen (secondary N) is 2. The molecular weight excluding hydrogens is 474 g/mol. The van der Waals surface area contributed by atoms with Gasteiger partial charge in [0, 0.05) is 25.2 Å². The highest BCUT2D eigenvalue weighted by molar-refractivity contribution is 14.0. The molecule has 0 aromatic heterocycles. The number of methoxy groups -OCH3 is 1. The molecule has 0 aliphatic heterocycles. The van der Waals surface area contributed by atoms with E-state index in [0.717, 1.165) is 5.75 Å². The monoisotopic (exact) mass is 498 g/mol. The second-order valence-electron chi connectivity index (χ2n) is 5.83. The quantitative estimate of drug-likeness (QED) is 0.348. The van der Waals surface area contributed by atoms with Crippen LogP contribution in [0.25, 0.3) is 0 Å². The summed E-state index contributed by atoms with van der Waals surface area (Å²) in [4.78, 5) is 4.11. The van der Waals surface area contributed by atoms with E-state index in [4.69, 9.17) is 14.7 Å². The lowest BCUT2D eigenvalue weighted by molar-refractivity contribution is 0.223. The molecule has 0 aliphatic carbocycles. The normalized spacial score (nSPS) is 11.6. The first-order valence-corrected chi connectivity index (χ1v) is 8.49. The number of guanidine groups is 1. The molecule has 0 spiro atoms. The number of rotatable bonds is 7. The number of aliphatic imine (C=N–C) groups is 1. The summed E-state index contributed by atoms with van der Waals surface area (Å²) in [6, 6.07) is 13.6. The van der Waals surface area contributed by atoms with Gasteiger partial charge in [0.1, 0.15) is 23.4 Å². The molecule has 0 bridgehead atoms. The highest BCUT2D eigenvalue weighted by Gasteiger charge is 2.08. The van der Waals surface area contributed by atoms with E-state index in [2.05, 4.69) is 15.6 Å². The fourth-order valence-electron chi connectivity index (χ4n) is 2.37. The average Bonchev–Trinajstić information content (AvgIpc) is 2.69. The lowest BCUT2D eigenvalue weighted by atomic mass is 10.1. The van der Waals surface area contributed by atoms with Gasteiger partial charge in [-0.25, -0.2) is 4.39 Å². The zero-order chi connectivity index (χ0) is 19.6. The van der Waals surface area contributed by atoms with E-state index >= 15 is 0 Å². The third-order valence-electron chi connectivity index (χ3n) is 3.78. The van der Waals surface area contributed by atoms with E-state index in [9.17, 15) is 4.39 Å². The number of nitrogens with zero attached hydrogens (tertiary/aromatic N) is 2. The van der Waals surface area contributed by atoms with Crippen LogP contribution in [-0.4, -0.2) is 32.8 Å². The Kier molecular flexibility index (Phi) is 10.1. The Hall–Kier alpha value is -2.54. The van der Waals surface area contributed by atoms with Gasteiger partial charge >= 0.3 is 0 Å². The van der Waals surface area contributed by atoms with Gasteiger partial charge in [0.05, 0.1) is 25.3 Å². The predicted octanol–water partition coefficient (Wildman–Crippen LogP) is 3.46. The van der Waals surface area contributed by atoms with Gasteiger partial charge in [0.2, 0.25) is 0 Å². The molecular formula is C20H24FIN4O2. The van der Waals surface area contributed by atoms with E-state index in [-0.39, 0.29) is 42.4 Å². The Morgan fingerprint density at radius 2 is 1.96 bits per heavy atom. The lowest BCUT2D eigenvalue weighted by Crippen LogP contribution is -2.41. The van der Waals surface area contributed by atoms with Crippen molar-refractivity contribution in [2.75, 3.05) is 20.7 Å². The van der Waals surface area contributed by atoms with Crippen molar-refractivity contribution in [2.45, 2.75) is 19.6 Å². The van der Waals surface area contributed by atoms with Crippen LogP contribution in [-0.2, 0) is 6.54 Å². The fourth-order valence-corrected chi connectivity index (χ4v) is 2.37. The molecule has 0 radical (unpaired) electrons. The molecule has 2 N–H and O–H groups in total. The van der Waals surface area contributed by atoms with E-state index in [0.29, 0.717) is 29.4 Å². The SMILES string of the molecule is CN=C(NCc1cc(C#N)ccc1F)NCC(C)Oc1cccc(OC)c1.I. The fraction of sp³-hybridized carbons (Fsp3) is 0.300. The van der Waals surface area contributed by atoms with Crippen molar-refractivity contribution >= 4 is 29.9 Å². The summed E-state index contributed by atoms with van der Waals surface area (Å²) < 4.78 is 24.9. The molecule has 2 aromatic rings. The zero-order valence-corrected chi connectivity index (χ0v) is 18.4. The molecule has 8 heteroatoms. The molecule has 6 nitrogen and oxygen atoms in total. The van der Waals surface area contributed by atoms with Crippen LogP contribution in [0.3, 0.4) is 0 Å². The third-order valence-corrected chi connectivity index (χ3v) is 3.78. The summed E-state index contributed by atoms with van der Waals surface area (Å²) in [7, 11) is 3.24. The summed E-state index contributed by atoms with van der Waals surface area (Å²) in [5.74, 6) is 1.58. The maximum Gasteiger partial charge on any atom is 0.191 e. The van der Waals surface area contributed by atoms with Crippen LogP contribution >= 0.6 is 24.0 Å². The summed E-state index contributed by atoms with van der Waals surface area (Å²) in [5.41, 5.74) is 0.814. The van der Waals surface area contributed by atoms with Crippen LogP contribution in [0, 0.1) is 17.1 Å². The van der Waals surface area contributed by atoms with Gasteiger partial charge in [-0.2, -0.15) is 5.26 Å². The van der Waals surface area contributed by atoms with Gasteiger partial charge in [-0.1, -0.05) is 6.07 Å². The second kappa shape index (κ2) is 12.0. The standard InChI is InChI=1S/C20H23FN4O2.HI/c1-14(27-18-6-4-5-17(10-18)26-3)12-24-20(23-2)25-13-16-9-15(11-22)7-8-19(16)21;/h4-10,14H,12-13H2,1-3H3,(H2,23,24,25);1H. The van der Waals surface area contributed by atoms with Crippen molar-refractivity contribution in [1.29, 1.82) is 5.26 Å². The van der Waals surface area contributed by atoms with Crippen LogP contribution in [0.4, 0.5) is 4.39 Å². The minimum atomic E-state index is -0.369. The molecule has 1 atom stereocenters. The molecule has 28 heavy (non-hydrogen) atoms. The summed E-state index contributed by atoms with van der Waals surface area (Å²) in [6.07, 6.45) is -0.130. The molecule has 0 saturated carbocycles. The molecule has 150 valence electrons. The van der Waals surface area contributed by atoms with E-state index in [1.165, 1.54) is 18.2 Å². The van der Waals surface area contributed by atoms with Gasteiger partial charge in [-0.05, 0) is 37.3 Å². The van der Waals surface area contributed by atoms with E-state index in [1.54, 1.807) is 14.2 Å². The van der Waals surface area contributed by atoms with Crippen LogP contribution < -0.4 is 20.1 Å². The third kappa shape index (κ3) is 7.23. The maximum atomic E-state index is 13.8. The highest BCUT2D eigenvalue weighted by atomic mass is 127. The van der Waals surface area contributed by atoms with Crippen LogP contribution in [0.1, 0.15) is 18.1 Å². The first-order chi connectivity index (χ1) is 13.0. The molecule has 0 heterocycles. The van der Waals surface area contributed by atoms with Gasteiger partial charge in [0.15, 0.2) is 5.96 Å². The topological polar surface area (TPSA) is 78.7 Å². The first-order valence-electron chi connectivity index (χ1n) is 8.49. The number of nitriles is 1. The van der Waals surface area contributed by atoms with Crippen molar-refractivity contribution in [3.8, 4) is 17.6 Å². The van der Waals surface area contributed by atoms with Gasteiger partial charge < -0.3 is 20.1 Å². The Balaban J connectivity index is 0.00000392. The largest absolute Gasteiger partial charge is 0.497 e. The Morgan fingerprint density at radius 1 is 1.21 bits per heavy atom. The van der Waals surface area contributed by atoms with Gasteiger partial charge in [-0.15, -0.1) is 24.0 Å². The van der Waals surface area contributed by atoms with Crippen LogP contribution in [0.2, 0.25) is 0 Å². The smallest absolute Gasteiger partial charge is 0.191 e. The van der Waals surface area contributed by atoms with E-state index in [1.807, 2.05) is 37.3 Å². The Morgan fingerprint density at radius 3 is 2.64 bits per heavy atom. The number of hydrogen-bond acceptors (Lipinski definition) is 4. The highest BCUT2D eigenvalue weighted by Crippen LogP contribution is 2.19. The van der Waals surface area contributed by atoms with Crippen LogP contribution in [0.15, 0.2) is 47.5 Å². The molecule has 0 aliphatic rings. The lowest BCUT2D eigenvalue weighted by Gasteiger charge is -2.18. The second-order valence-corrected chi connectivity index (χ2v) is 5.83. The summed E-state index contributed by atoms with van der Waals surface area (Å²) in [6.45, 7) is 2.64. The Bertz CT molecular complexity index is 839. The minimum Gasteiger partial charge on any atom is -0.497 e. The zero-order valence-electron chi connectivity index (χ0n) is 16.0. The number of ether oxygens (including phenoxy) is 2. The maximum absolute atomic E-state index is 13.8. The molecule has 0 saturated heterocycles. The summed E-state index contributed by atoms with van der Waals surface area (Å²) >= 11 is 0. The first kappa shape index (κ1) is 23.5. The Labute approximate surface area is 181 Å². The van der Waals surface area contributed by atoms with Crippen molar-refractivity contribution in [2.24, 2.45) is 4.99 Å². The van der Waals surface area contributed by atoms with Crippen molar-refractivity contribution in [3.05, 3.63) is 59.4 Å². The number of hydrogen-bond donors (Lipinski definition) is 2. The molecule has 0 amide bonds. The minimum absolute atomic E-state index is 0. The van der Waals surface area contributed by atoms with E-state index < -0.39 is 0 Å². The van der Waals surface area contributed by atoms with Crippen molar-refractivity contribution in [3.63, 3.8) is 0 Å². The number of halogens is 2. The molecule has 1 unspecified atom stereocenters. The van der Waals surface area contributed by atoms with Gasteiger partial charge in [0.25, 0.3) is 0 Å². The van der Waals surface area contributed by atoms with Crippen molar-refractivity contribution < 1.29 is 13.9 Å². The summed E-state index contributed by atoms with van der Waals surface area (Å²) in [5, 5.41) is 15.1. The van der Waals surface area contributed by atoms with Gasteiger partial charge in [-0.3, -0.25) is 4.99 Å². The average molecular weight is 498 g/mol.